The van der Waals surface area contributed by atoms with Gasteiger partial charge in [0.15, 0.2) is 0 Å². The normalized spacial score (nSPS) is 17.6. The fourth-order valence-corrected chi connectivity index (χ4v) is 6.36. The molecule has 1 spiro atoms. The molecule has 3 heterocycles. The molecule has 0 saturated carbocycles. The third-order valence-corrected chi connectivity index (χ3v) is 8.11. The predicted octanol–water partition coefficient (Wildman–Crippen LogP) is 5.23. The Morgan fingerprint density at radius 3 is 2.72 bits per heavy atom. The standard InChI is InChI=1S/C22H20Cl2N2O2S/c23-15-2-1-3-17-18(15)19(24)20(29-17)21(27)26-8-6-22(7-9-26)12-28-16-5-4-13(11-25)10-14(16)22/h1-5,10H,6-9,11-12,25H2. The van der Waals surface area contributed by atoms with E-state index < -0.39 is 0 Å². The van der Waals surface area contributed by atoms with E-state index in [1.165, 1.54) is 16.9 Å². The topological polar surface area (TPSA) is 55.6 Å². The highest BCUT2D eigenvalue weighted by atomic mass is 35.5. The van der Waals surface area contributed by atoms with Crippen molar-refractivity contribution in [1.29, 1.82) is 0 Å². The van der Waals surface area contributed by atoms with Crippen molar-refractivity contribution in [3.05, 3.63) is 62.4 Å². The number of halogens is 2. The summed E-state index contributed by atoms with van der Waals surface area (Å²) in [5.74, 6) is 0.932. The maximum Gasteiger partial charge on any atom is 0.265 e. The number of amides is 1. The number of likely N-dealkylation sites (tertiary alicyclic amines) is 1. The molecule has 0 aliphatic carbocycles. The monoisotopic (exact) mass is 446 g/mol. The Morgan fingerprint density at radius 2 is 2.00 bits per heavy atom. The van der Waals surface area contributed by atoms with Gasteiger partial charge in [-0.3, -0.25) is 4.79 Å². The van der Waals surface area contributed by atoms with Crippen molar-refractivity contribution < 1.29 is 9.53 Å². The molecule has 150 valence electrons. The number of piperidine rings is 1. The molecule has 4 nitrogen and oxygen atoms in total. The second-order valence-electron chi connectivity index (χ2n) is 7.75. The van der Waals surface area contributed by atoms with Gasteiger partial charge in [0.2, 0.25) is 0 Å². The van der Waals surface area contributed by atoms with Crippen molar-refractivity contribution in [2.24, 2.45) is 5.73 Å². The molecular formula is C22H20Cl2N2O2S. The molecule has 2 aromatic carbocycles. The van der Waals surface area contributed by atoms with Gasteiger partial charge < -0.3 is 15.4 Å². The fourth-order valence-electron chi connectivity index (χ4n) is 4.44. The van der Waals surface area contributed by atoms with E-state index >= 15 is 0 Å². The van der Waals surface area contributed by atoms with Crippen molar-refractivity contribution in [1.82, 2.24) is 4.90 Å². The minimum absolute atomic E-state index is 0.0167. The van der Waals surface area contributed by atoms with Gasteiger partial charge >= 0.3 is 0 Å². The highest BCUT2D eigenvalue weighted by Gasteiger charge is 2.44. The van der Waals surface area contributed by atoms with Gasteiger partial charge in [-0.2, -0.15) is 0 Å². The first-order valence-electron chi connectivity index (χ1n) is 9.64. The van der Waals surface area contributed by atoms with Crippen LogP contribution in [-0.2, 0) is 12.0 Å². The van der Waals surface area contributed by atoms with Gasteiger partial charge in [-0.25, -0.2) is 0 Å². The molecule has 5 rings (SSSR count). The molecule has 0 radical (unpaired) electrons. The van der Waals surface area contributed by atoms with Crippen molar-refractivity contribution in [2.45, 2.75) is 24.8 Å². The van der Waals surface area contributed by atoms with Crippen LogP contribution < -0.4 is 10.5 Å². The summed E-state index contributed by atoms with van der Waals surface area (Å²) in [6.07, 6.45) is 1.73. The van der Waals surface area contributed by atoms with Crippen LogP contribution in [0.2, 0.25) is 10.0 Å². The van der Waals surface area contributed by atoms with Crippen LogP contribution >= 0.6 is 34.5 Å². The lowest BCUT2D eigenvalue weighted by molar-refractivity contribution is 0.0651. The van der Waals surface area contributed by atoms with E-state index in [4.69, 9.17) is 33.7 Å². The number of carbonyl (C=O) groups excluding carboxylic acids is 1. The fraction of sp³-hybridized carbons (Fsp3) is 0.318. The molecule has 2 aliphatic heterocycles. The maximum atomic E-state index is 13.2. The van der Waals surface area contributed by atoms with Gasteiger partial charge in [0.25, 0.3) is 5.91 Å². The number of thiophene rings is 1. The zero-order chi connectivity index (χ0) is 20.2. The van der Waals surface area contributed by atoms with E-state index in [0.717, 1.165) is 34.2 Å². The number of rotatable bonds is 2. The molecule has 1 saturated heterocycles. The number of ether oxygens (including phenoxy) is 1. The van der Waals surface area contributed by atoms with E-state index in [-0.39, 0.29) is 11.3 Å². The van der Waals surface area contributed by atoms with E-state index in [1.54, 1.807) is 6.07 Å². The van der Waals surface area contributed by atoms with Crippen LogP contribution in [-0.4, -0.2) is 30.5 Å². The minimum atomic E-state index is -0.0371. The second kappa shape index (κ2) is 7.17. The summed E-state index contributed by atoms with van der Waals surface area (Å²) >= 11 is 14.3. The van der Waals surface area contributed by atoms with Crippen LogP contribution in [0.15, 0.2) is 36.4 Å². The SMILES string of the molecule is NCc1ccc2c(c1)C1(CCN(C(=O)c3sc4cccc(Cl)c4c3Cl)CC1)CO2. The summed E-state index contributed by atoms with van der Waals surface area (Å²) in [5, 5.41) is 1.81. The zero-order valence-corrected chi connectivity index (χ0v) is 18.0. The summed E-state index contributed by atoms with van der Waals surface area (Å²) in [6.45, 7) is 2.53. The van der Waals surface area contributed by atoms with E-state index in [2.05, 4.69) is 6.07 Å². The number of hydrogen-bond acceptors (Lipinski definition) is 4. The number of carbonyl (C=O) groups is 1. The Balaban J connectivity index is 1.39. The zero-order valence-electron chi connectivity index (χ0n) is 15.7. The van der Waals surface area contributed by atoms with Gasteiger partial charge in [0.05, 0.1) is 16.7 Å². The van der Waals surface area contributed by atoms with Gasteiger partial charge in [-0.05, 0) is 36.6 Å². The molecule has 1 amide bonds. The third-order valence-electron chi connectivity index (χ3n) is 6.16. The summed E-state index contributed by atoms with van der Waals surface area (Å²) in [6, 6.07) is 11.8. The summed E-state index contributed by atoms with van der Waals surface area (Å²) in [4.78, 5) is 15.7. The molecule has 7 heteroatoms. The highest BCUT2D eigenvalue weighted by Crippen LogP contribution is 2.46. The highest BCUT2D eigenvalue weighted by molar-refractivity contribution is 7.21. The van der Waals surface area contributed by atoms with E-state index in [0.29, 0.717) is 41.2 Å². The molecule has 3 aromatic rings. The molecule has 0 bridgehead atoms. The third kappa shape index (κ3) is 3.03. The van der Waals surface area contributed by atoms with Gasteiger partial charge in [0.1, 0.15) is 10.6 Å². The average Bonchev–Trinajstić information content (AvgIpc) is 3.27. The average molecular weight is 447 g/mol. The maximum absolute atomic E-state index is 13.2. The molecule has 0 atom stereocenters. The first-order valence-corrected chi connectivity index (χ1v) is 11.2. The summed E-state index contributed by atoms with van der Waals surface area (Å²) in [5.41, 5.74) is 8.14. The number of fused-ring (bicyclic) bond motifs is 3. The molecule has 1 fully saturated rings. The lowest BCUT2D eigenvalue weighted by Gasteiger charge is -2.38. The van der Waals surface area contributed by atoms with Crippen LogP contribution in [0.5, 0.6) is 5.75 Å². The van der Waals surface area contributed by atoms with Crippen LogP contribution in [0, 0.1) is 0 Å². The Bertz CT molecular complexity index is 1120. The number of nitrogens with two attached hydrogens (primary N) is 1. The first-order chi connectivity index (χ1) is 14.0. The number of benzene rings is 2. The summed E-state index contributed by atoms with van der Waals surface area (Å²) in [7, 11) is 0. The van der Waals surface area contributed by atoms with Gasteiger partial charge in [-0.1, -0.05) is 41.4 Å². The quantitative estimate of drug-likeness (QED) is 0.585. The van der Waals surface area contributed by atoms with Crippen LogP contribution in [0.25, 0.3) is 10.1 Å². The Kier molecular flexibility index (Phi) is 4.74. The van der Waals surface area contributed by atoms with Gasteiger partial charge in [-0.15, -0.1) is 11.3 Å². The molecule has 0 unspecified atom stereocenters. The van der Waals surface area contributed by atoms with Crippen LogP contribution in [0.1, 0.15) is 33.6 Å². The number of nitrogens with zero attached hydrogens (tertiary/aromatic N) is 1. The smallest absolute Gasteiger partial charge is 0.265 e. The lowest BCUT2D eigenvalue weighted by Crippen LogP contribution is -2.46. The van der Waals surface area contributed by atoms with E-state index in [1.807, 2.05) is 29.2 Å². The Hall–Kier alpha value is -1.79. The minimum Gasteiger partial charge on any atom is -0.492 e. The molecular weight excluding hydrogens is 427 g/mol. The first kappa shape index (κ1) is 19.2. The second-order valence-corrected chi connectivity index (χ2v) is 9.59. The lowest BCUT2D eigenvalue weighted by atomic mass is 9.74. The predicted molar refractivity (Wildman–Crippen MR) is 118 cm³/mol. The van der Waals surface area contributed by atoms with Crippen molar-refractivity contribution >= 4 is 50.5 Å². The van der Waals surface area contributed by atoms with E-state index in [9.17, 15) is 4.79 Å². The van der Waals surface area contributed by atoms with Gasteiger partial charge in [0, 0.05) is 40.7 Å². The molecule has 1 aromatic heterocycles. The Morgan fingerprint density at radius 1 is 1.21 bits per heavy atom. The van der Waals surface area contributed by atoms with Crippen molar-refractivity contribution in [2.75, 3.05) is 19.7 Å². The molecule has 2 aliphatic rings. The van der Waals surface area contributed by atoms with Crippen molar-refractivity contribution in [3.63, 3.8) is 0 Å². The van der Waals surface area contributed by atoms with Crippen LogP contribution in [0.3, 0.4) is 0 Å². The number of hydrogen-bond donors (Lipinski definition) is 1. The Labute approximate surface area is 183 Å². The van der Waals surface area contributed by atoms with Crippen LogP contribution in [0.4, 0.5) is 0 Å². The molecule has 29 heavy (non-hydrogen) atoms. The summed E-state index contributed by atoms with van der Waals surface area (Å²) < 4.78 is 6.90. The molecule has 2 N–H and O–H groups in total. The largest absolute Gasteiger partial charge is 0.492 e. The van der Waals surface area contributed by atoms with Crippen molar-refractivity contribution in [3.8, 4) is 5.75 Å².